The van der Waals surface area contributed by atoms with Crippen LogP contribution < -0.4 is 10.3 Å². The molecule has 2 heterocycles. The Kier molecular flexibility index (Phi) is 3.86. The summed E-state index contributed by atoms with van der Waals surface area (Å²) in [5.74, 6) is 0.0652. The van der Waals surface area contributed by atoms with Gasteiger partial charge >= 0.3 is 0 Å². The van der Waals surface area contributed by atoms with Crippen LogP contribution in [0.3, 0.4) is 0 Å². The van der Waals surface area contributed by atoms with E-state index in [1.54, 1.807) is 0 Å². The zero-order valence-corrected chi connectivity index (χ0v) is 14.2. The summed E-state index contributed by atoms with van der Waals surface area (Å²) in [6.45, 7) is 0.302. The summed E-state index contributed by atoms with van der Waals surface area (Å²) < 4.78 is 30.0. The zero-order chi connectivity index (χ0) is 15.9. The molecule has 0 amide bonds. The third kappa shape index (κ3) is 2.48. The van der Waals surface area contributed by atoms with Gasteiger partial charge in [0.05, 0.1) is 25.1 Å². The van der Waals surface area contributed by atoms with Crippen molar-refractivity contribution >= 4 is 25.8 Å². The largest absolute Gasteiger partial charge is 0.491 e. The maximum Gasteiger partial charge on any atom is 0.293 e. The first-order valence-corrected chi connectivity index (χ1v) is 9.27. The number of sulfone groups is 1. The number of rotatable bonds is 3. The van der Waals surface area contributed by atoms with Gasteiger partial charge in [0.2, 0.25) is 0 Å². The molecule has 1 aliphatic rings. The van der Waals surface area contributed by atoms with Crippen LogP contribution in [-0.4, -0.2) is 20.1 Å². The molecule has 1 aliphatic heterocycles. The van der Waals surface area contributed by atoms with Gasteiger partial charge < -0.3 is 9.30 Å². The molecule has 0 fully saturated rings. The predicted molar refractivity (Wildman–Crippen MR) is 87.1 cm³/mol. The van der Waals surface area contributed by atoms with Crippen LogP contribution in [0.5, 0.6) is 5.75 Å². The Morgan fingerprint density at radius 2 is 2.00 bits per heavy atom. The highest BCUT2D eigenvalue weighted by atomic mass is 79.9. The average Bonchev–Trinajstić information content (AvgIpc) is 2.73. The van der Waals surface area contributed by atoms with Gasteiger partial charge in [0.1, 0.15) is 0 Å². The molecule has 1 atom stereocenters. The maximum atomic E-state index is 12.5. The number of fused-ring (bicyclic) bond motifs is 1. The molecule has 0 bridgehead atoms. The molecule has 3 rings (SSSR count). The molecule has 22 heavy (non-hydrogen) atoms. The van der Waals surface area contributed by atoms with Gasteiger partial charge in [-0.3, -0.25) is 4.79 Å². The molecule has 1 aromatic heterocycles. The Bertz CT molecular complexity index is 874. The molecular weight excluding hydrogens is 370 g/mol. The van der Waals surface area contributed by atoms with Gasteiger partial charge in [0, 0.05) is 0 Å². The fourth-order valence-electron chi connectivity index (χ4n) is 2.62. The third-order valence-corrected chi connectivity index (χ3v) is 7.38. The number of nitrogens with zero attached hydrogens (tertiary/aromatic N) is 1. The first kappa shape index (κ1) is 15.3. The van der Waals surface area contributed by atoms with Crippen LogP contribution in [0.2, 0.25) is 0 Å². The van der Waals surface area contributed by atoms with Crippen molar-refractivity contribution in [3.63, 3.8) is 0 Å². The third-order valence-electron chi connectivity index (χ3n) is 3.67. The van der Waals surface area contributed by atoms with E-state index in [0.29, 0.717) is 17.8 Å². The van der Waals surface area contributed by atoms with E-state index in [9.17, 15) is 13.2 Å². The van der Waals surface area contributed by atoms with E-state index in [1.165, 1.54) is 17.7 Å². The molecule has 0 spiro atoms. The molecule has 5 nitrogen and oxygen atoms in total. The Morgan fingerprint density at radius 1 is 1.32 bits per heavy atom. The summed E-state index contributed by atoms with van der Waals surface area (Å²) >= 11 is 3.21. The quantitative estimate of drug-likeness (QED) is 0.762. The highest BCUT2D eigenvalue weighted by molar-refractivity contribution is 9.10. The van der Waals surface area contributed by atoms with Gasteiger partial charge in [-0.1, -0.05) is 46.3 Å². The van der Waals surface area contributed by atoms with Crippen LogP contribution in [0.4, 0.5) is 0 Å². The smallest absolute Gasteiger partial charge is 0.293 e. The lowest BCUT2D eigenvalue weighted by Gasteiger charge is -2.15. The Balaban J connectivity index is 2.21. The number of aromatic nitrogens is 1. The van der Waals surface area contributed by atoms with Crippen LogP contribution in [0.15, 0.2) is 41.2 Å². The average molecular weight is 384 g/mol. The SMILES string of the molecule is COc1cc2c(n(Cc3ccccc3)c1=O)C(Br)S(=O)(=O)C2. The number of benzene rings is 1. The van der Waals surface area contributed by atoms with Gasteiger partial charge in [0.25, 0.3) is 5.56 Å². The Hall–Kier alpha value is -1.60. The van der Waals surface area contributed by atoms with E-state index in [0.717, 1.165) is 5.56 Å². The summed E-state index contributed by atoms with van der Waals surface area (Å²) in [4.78, 5) is 12.5. The van der Waals surface area contributed by atoms with Gasteiger partial charge in [-0.25, -0.2) is 8.42 Å². The van der Waals surface area contributed by atoms with Crippen LogP contribution in [0.1, 0.15) is 21.0 Å². The lowest BCUT2D eigenvalue weighted by Crippen LogP contribution is -2.26. The minimum Gasteiger partial charge on any atom is -0.491 e. The van der Waals surface area contributed by atoms with Crippen LogP contribution in [-0.2, 0) is 22.1 Å². The molecule has 0 aliphatic carbocycles. The van der Waals surface area contributed by atoms with E-state index in [1.807, 2.05) is 30.3 Å². The fourth-order valence-corrected chi connectivity index (χ4v) is 4.99. The number of methoxy groups -OCH3 is 1. The molecule has 0 saturated heterocycles. The highest BCUT2D eigenvalue weighted by Gasteiger charge is 2.38. The minimum absolute atomic E-state index is 0.0936. The van der Waals surface area contributed by atoms with Crippen molar-refractivity contribution in [1.82, 2.24) is 4.57 Å². The normalized spacial score (nSPS) is 18.9. The highest BCUT2D eigenvalue weighted by Crippen LogP contribution is 2.41. The van der Waals surface area contributed by atoms with Gasteiger partial charge in [0.15, 0.2) is 19.7 Å². The molecule has 0 saturated carbocycles. The van der Waals surface area contributed by atoms with E-state index >= 15 is 0 Å². The van der Waals surface area contributed by atoms with Crippen molar-refractivity contribution in [3.05, 3.63) is 63.6 Å². The zero-order valence-electron chi connectivity index (χ0n) is 11.8. The molecule has 0 N–H and O–H groups in total. The van der Waals surface area contributed by atoms with E-state index < -0.39 is 14.0 Å². The predicted octanol–water partition coefficient (Wildman–Crippen LogP) is 2.23. The van der Waals surface area contributed by atoms with E-state index in [4.69, 9.17) is 4.74 Å². The molecule has 1 unspecified atom stereocenters. The summed E-state index contributed by atoms with van der Waals surface area (Å²) in [5, 5.41) is 0. The van der Waals surface area contributed by atoms with Crippen molar-refractivity contribution in [2.75, 3.05) is 7.11 Å². The Morgan fingerprint density at radius 3 is 2.64 bits per heavy atom. The summed E-state index contributed by atoms with van der Waals surface area (Å²) in [7, 11) is -1.93. The standard InChI is InChI=1S/C15H14BrNO4S/c1-21-12-7-11-9-22(19,20)14(16)13(11)17(15(12)18)8-10-5-3-2-4-6-10/h2-7,14H,8-9H2,1H3. The fraction of sp³-hybridized carbons (Fsp3) is 0.267. The number of pyridine rings is 1. The summed E-state index contributed by atoms with van der Waals surface area (Å²) in [5.41, 5.74) is 1.69. The van der Waals surface area contributed by atoms with Crippen LogP contribution >= 0.6 is 15.9 Å². The van der Waals surface area contributed by atoms with Gasteiger partial charge in [-0.2, -0.15) is 0 Å². The number of hydrogen-bond acceptors (Lipinski definition) is 4. The van der Waals surface area contributed by atoms with Crippen LogP contribution in [0.25, 0.3) is 0 Å². The van der Waals surface area contributed by atoms with E-state index in [-0.39, 0.29) is 17.1 Å². The number of ether oxygens (including phenoxy) is 1. The lowest BCUT2D eigenvalue weighted by atomic mass is 10.1. The van der Waals surface area contributed by atoms with Crippen LogP contribution in [0, 0.1) is 0 Å². The number of halogens is 1. The number of hydrogen-bond donors (Lipinski definition) is 0. The van der Waals surface area contributed by atoms with Crippen molar-refractivity contribution in [3.8, 4) is 5.75 Å². The monoisotopic (exact) mass is 383 g/mol. The lowest BCUT2D eigenvalue weighted by molar-refractivity contribution is 0.402. The van der Waals surface area contributed by atoms with Gasteiger partial charge in [-0.15, -0.1) is 0 Å². The Labute approximate surface area is 136 Å². The van der Waals surface area contributed by atoms with Crippen molar-refractivity contribution < 1.29 is 13.2 Å². The summed E-state index contributed by atoms with van der Waals surface area (Å²) in [6.07, 6.45) is 0. The molecule has 0 radical (unpaired) electrons. The van der Waals surface area contributed by atoms with Crippen molar-refractivity contribution in [1.29, 1.82) is 0 Å². The summed E-state index contributed by atoms with van der Waals surface area (Å²) in [6, 6.07) is 11.0. The molecule has 116 valence electrons. The second-order valence-corrected chi connectivity index (χ2v) is 8.73. The second kappa shape index (κ2) is 5.55. The maximum absolute atomic E-state index is 12.5. The topological polar surface area (TPSA) is 65.4 Å². The minimum atomic E-state index is -3.34. The molecule has 7 heteroatoms. The second-order valence-electron chi connectivity index (χ2n) is 5.12. The molecular formula is C15H14BrNO4S. The molecule has 1 aromatic carbocycles. The van der Waals surface area contributed by atoms with E-state index in [2.05, 4.69) is 15.9 Å². The molecule has 2 aromatic rings. The first-order valence-electron chi connectivity index (χ1n) is 6.64. The van der Waals surface area contributed by atoms with Gasteiger partial charge in [-0.05, 0) is 17.2 Å². The number of alkyl halides is 1. The first-order chi connectivity index (χ1) is 10.4. The van der Waals surface area contributed by atoms with Crippen molar-refractivity contribution in [2.24, 2.45) is 0 Å². The van der Waals surface area contributed by atoms with Crippen molar-refractivity contribution in [2.45, 2.75) is 16.5 Å².